The van der Waals surface area contributed by atoms with Crippen LogP contribution in [0.1, 0.15) is 25.3 Å². The Morgan fingerprint density at radius 1 is 1.42 bits per heavy atom. The van der Waals surface area contributed by atoms with Crippen molar-refractivity contribution in [3.63, 3.8) is 0 Å². The summed E-state index contributed by atoms with van der Waals surface area (Å²) in [5.74, 6) is 0.953. The summed E-state index contributed by atoms with van der Waals surface area (Å²) in [5.41, 5.74) is 3.22. The van der Waals surface area contributed by atoms with Crippen molar-refractivity contribution in [2.75, 3.05) is 37.8 Å². The van der Waals surface area contributed by atoms with Crippen LogP contribution in [0, 0.1) is 0 Å². The summed E-state index contributed by atoms with van der Waals surface area (Å²) in [4.78, 5) is 6.87. The van der Waals surface area contributed by atoms with E-state index in [4.69, 9.17) is 0 Å². The first-order valence-corrected chi connectivity index (χ1v) is 6.89. The van der Waals surface area contributed by atoms with Crippen molar-refractivity contribution in [2.24, 2.45) is 0 Å². The van der Waals surface area contributed by atoms with E-state index in [9.17, 15) is 0 Å². The smallest absolute Gasteiger partial charge is 0.135 e. The molecule has 2 heterocycles. The molecule has 0 aliphatic carbocycles. The first-order valence-electron chi connectivity index (χ1n) is 6.89. The molecule has 1 saturated heterocycles. The van der Waals surface area contributed by atoms with Crippen molar-refractivity contribution in [2.45, 2.75) is 25.8 Å². The molecule has 0 radical (unpaired) electrons. The third-order valence-electron chi connectivity index (χ3n) is 3.71. The fourth-order valence-corrected chi connectivity index (χ4v) is 2.56. The number of nitrogens with one attached hydrogen (secondary N) is 2. The van der Waals surface area contributed by atoms with Crippen molar-refractivity contribution in [1.29, 1.82) is 0 Å². The standard InChI is InChI=1S/C15H24N4/c1-11(2)14-13(16-3)5-8-17-15(14)18-12-6-9-19(4)10-7-12/h5,8,12H,1,6-7,9-10H2,2-4H3,(H2,16,17,18). The van der Waals surface area contributed by atoms with E-state index in [0.29, 0.717) is 6.04 Å². The van der Waals surface area contributed by atoms with Gasteiger partial charge in [-0.25, -0.2) is 4.98 Å². The zero-order valence-corrected chi connectivity index (χ0v) is 12.2. The molecule has 1 aromatic rings. The zero-order chi connectivity index (χ0) is 13.8. The van der Waals surface area contributed by atoms with Gasteiger partial charge < -0.3 is 15.5 Å². The van der Waals surface area contributed by atoms with Gasteiger partial charge >= 0.3 is 0 Å². The Hall–Kier alpha value is -1.55. The van der Waals surface area contributed by atoms with Crippen LogP contribution in [-0.4, -0.2) is 43.1 Å². The molecule has 104 valence electrons. The minimum Gasteiger partial charge on any atom is -0.387 e. The number of rotatable bonds is 4. The van der Waals surface area contributed by atoms with E-state index in [1.54, 1.807) is 0 Å². The molecule has 0 atom stereocenters. The van der Waals surface area contributed by atoms with Crippen LogP contribution in [0.3, 0.4) is 0 Å². The minimum atomic E-state index is 0.508. The second kappa shape index (κ2) is 6.06. The van der Waals surface area contributed by atoms with Crippen molar-refractivity contribution >= 4 is 17.1 Å². The van der Waals surface area contributed by atoms with E-state index in [-0.39, 0.29) is 0 Å². The molecule has 4 heteroatoms. The zero-order valence-electron chi connectivity index (χ0n) is 12.2. The lowest BCUT2D eigenvalue weighted by Gasteiger charge is -2.30. The third-order valence-corrected chi connectivity index (χ3v) is 3.71. The Morgan fingerprint density at radius 2 is 2.11 bits per heavy atom. The van der Waals surface area contributed by atoms with Crippen molar-refractivity contribution in [1.82, 2.24) is 9.88 Å². The van der Waals surface area contributed by atoms with E-state index in [1.165, 1.54) is 0 Å². The van der Waals surface area contributed by atoms with Gasteiger partial charge in [-0.1, -0.05) is 6.58 Å². The van der Waals surface area contributed by atoms with Crippen LogP contribution in [0.4, 0.5) is 11.5 Å². The molecule has 0 spiro atoms. The molecule has 0 bridgehead atoms. The highest BCUT2D eigenvalue weighted by Gasteiger charge is 2.19. The molecule has 1 aromatic heterocycles. The fourth-order valence-electron chi connectivity index (χ4n) is 2.56. The molecule has 19 heavy (non-hydrogen) atoms. The van der Waals surface area contributed by atoms with Gasteiger partial charge in [-0.2, -0.15) is 0 Å². The molecule has 4 nitrogen and oxygen atoms in total. The van der Waals surface area contributed by atoms with Crippen LogP contribution in [0.2, 0.25) is 0 Å². The largest absolute Gasteiger partial charge is 0.387 e. The number of hydrogen-bond acceptors (Lipinski definition) is 4. The quantitative estimate of drug-likeness (QED) is 0.873. The molecule has 0 unspecified atom stereocenters. The second-order valence-electron chi connectivity index (χ2n) is 5.33. The number of hydrogen-bond donors (Lipinski definition) is 2. The topological polar surface area (TPSA) is 40.2 Å². The summed E-state index contributed by atoms with van der Waals surface area (Å²) in [6.07, 6.45) is 4.17. The minimum absolute atomic E-state index is 0.508. The third kappa shape index (κ3) is 3.26. The second-order valence-corrected chi connectivity index (χ2v) is 5.33. The van der Waals surface area contributed by atoms with Crippen molar-refractivity contribution in [3.05, 3.63) is 24.4 Å². The number of likely N-dealkylation sites (tertiary alicyclic amines) is 1. The first-order chi connectivity index (χ1) is 9.11. The molecule has 2 N–H and O–H groups in total. The van der Waals surface area contributed by atoms with Gasteiger partial charge in [-0.05, 0) is 51.5 Å². The van der Waals surface area contributed by atoms with Crippen LogP contribution in [0.5, 0.6) is 0 Å². The summed E-state index contributed by atoms with van der Waals surface area (Å²) in [5, 5.41) is 6.80. The van der Waals surface area contributed by atoms with Gasteiger partial charge in [-0.3, -0.25) is 0 Å². The molecule has 0 saturated carbocycles. The van der Waals surface area contributed by atoms with Gasteiger partial charge in [0, 0.05) is 30.5 Å². The molecule has 1 aliphatic rings. The Bertz CT molecular complexity index is 447. The van der Waals surface area contributed by atoms with Gasteiger partial charge in [0.1, 0.15) is 5.82 Å². The van der Waals surface area contributed by atoms with E-state index in [0.717, 1.165) is 48.6 Å². The van der Waals surface area contributed by atoms with Gasteiger partial charge in [0.25, 0.3) is 0 Å². The molecular formula is C15H24N4. The van der Waals surface area contributed by atoms with Gasteiger partial charge in [-0.15, -0.1) is 0 Å². The summed E-state index contributed by atoms with van der Waals surface area (Å²) in [6, 6.07) is 2.50. The van der Waals surface area contributed by atoms with Crippen LogP contribution >= 0.6 is 0 Å². The number of pyridine rings is 1. The molecule has 1 fully saturated rings. The van der Waals surface area contributed by atoms with E-state index < -0.39 is 0 Å². The molecule has 0 aromatic carbocycles. The number of aromatic nitrogens is 1. The lowest BCUT2D eigenvalue weighted by atomic mass is 10.0. The number of anilines is 2. The maximum Gasteiger partial charge on any atom is 0.135 e. The maximum absolute atomic E-state index is 4.50. The fraction of sp³-hybridized carbons (Fsp3) is 0.533. The van der Waals surface area contributed by atoms with Crippen molar-refractivity contribution < 1.29 is 0 Å². The predicted octanol–water partition coefficient (Wildman–Crippen LogP) is 2.66. The van der Waals surface area contributed by atoms with Gasteiger partial charge in [0.2, 0.25) is 0 Å². The Labute approximate surface area is 115 Å². The van der Waals surface area contributed by atoms with Crippen LogP contribution in [0.25, 0.3) is 5.57 Å². The summed E-state index contributed by atoms with van der Waals surface area (Å²) in [6.45, 7) is 8.39. The average Bonchev–Trinajstić information content (AvgIpc) is 2.40. The van der Waals surface area contributed by atoms with Crippen LogP contribution < -0.4 is 10.6 Å². The number of piperidine rings is 1. The molecule has 1 aliphatic heterocycles. The Kier molecular flexibility index (Phi) is 4.43. The van der Waals surface area contributed by atoms with E-state index >= 15 is 0 Å². The van der Waals surface area contributed by atoms with E-state index in [1.807, 2.05) is 26.2 Å². The number of nitrogens with zero attached hydrogens (tertiary/aromatic N) is 2. The normalized spacial score (nSPS) is 17.2. The summed E-state index contributed by atoms with van der Waals surface area (Å²) < 4.78 is 0. The lowest BCUT2D eigenvalue weighted by Crippen LogP contribution is -2.37. The lowest BCUT2D eigenvalue weighted by molar-refractivity contribution is 0.263. The van der Waals surface area contributed by atoms with Gasteiger partial charge in [0.05, 0.1) is 0 Å². The summed E-state index contributed by atoms with van der Waals surface area (Å²) >= 11 is 0. The molecular weight excluding hydrogens is 236 g/mol. The van der Waals surface area contributed by atoms with E-state index in [2.05, 4.69) is 34.1 Å². The molecule has 0 amide bonds. The van der Waals surface area contributed by atoms with Crippen molar-refractivity contribution in [3.8, 4) is 0 Å². The Morgan fingerprint density at radius 3 is 2.68 bits per heavy atom. The van der Waals surface area contributed by atoms with Crippen LogP contribution in [0.15, 0.2) is 18.8 Å². The number of allylic oxidation sites excluding steroid dienone is 1. The summed E-state index contributed by atoms with van der Waals surface area (Å²) in [7, 11) is 4.11. The maximum atomic E-state index is 4.50. The average molecular weight is 260 g/mol. The van der Waals surface area contributed by atoms with Gasteiger partial charge in [0.15, 0.2) is 0 Å². The predicted molar refractivity (Wildman–Crippen MR) is 82.6 cm³/mol. The molecule has 2 rings (SSSR count). The SMILES string of the molecule is C=C(C)c1c(NC)ccnc1NC1CCN(C)CC1. The first kappa shape index (κ1) is 13.9. The van der Waals surface area contributed by atoms with Crippen LogP contribution in [-0.2, 0) is 0 Å². The monoisotopic (exact) mass is 260 g/mol. The Balaban J connectivity index is 2.17. The highest BCUT2D eigenvalue weighted by molar-refractivity contribution is 5.81. The highest BCUT2D eigenvalue weighted by atomic mass is 15.1. The highest BCUT2D eigenvalue weighted by Crippen LogP contribution is 2.29.